The number of hydrogen-bond donors (Lipinski definition) is 3. The van der Waals surface area contributed by atoms with Gasteiger partial charge in [0, 0.05) is 24.7 Å². The van der Waals surface area contributed by atoms with Crippen LogP contribution in [0, 0.1) is 0 Å². The fraction of sp³-hybridized carbons (Fsp3) is 0.917. The highest BCUT2D eigenvalue weighted by Gasteiger charge is 2.40. The molecule has 2 fully saturated rings. The third-order valence-electron chi connectivity index (χ3n) is 3.00. The Morgan fingerprint density at radius 1 is 1.35 bits per heavy atom. The van der Waals surface area contributed by atoms with E-state index in [0.717, 1.165) is 19.5 Å². The van der Waals surface area contributed by atoms with E-state index in [1.807, 2.05) is 20.8 Å². The van der Waals surface area contributed by atoms with Gasteiger partial charge in [0.2, 0.25) is 0 Å². The first-order valence-corrected chi connectivity index (χ1v) is 6.40. The smallest absolute Gasteiger partial charge is 0.407 e. The minimum absolute atomic E-state index is 0.241. The average Bonchev–Trinajstić information content (AvgIpc) is 2.70. The zero-order valence-electron chi connectivity index (χ0n) is 10.9. The summed E-state index contributed by atoms with van der Waals surface area (Å²) in [4.78, 5) is 11.5. The van der Waals surface area contributed by atoms with Gasteiger partial charge in [-0.15, -0.1) is 0 Å². The third kappa shape index (κ3) is 4.16. The van der Waals surface area contributed by atoms with Crippen LogP contribution in [-0.2, 0) is 4.74 Å². The number of rotatable bonds is 3. The fourth-order valence-electron chi connectivity index (χ4n) is 2.10. The highest BCUT2D eigenvalue weighted by atomic mass is 16.6. The van der Waals surface area contributed by atoms with E-state index in [-0.39, 0.29) is 12.1 Å². The molecule has 0 bridgehead atoms. The van der Waals surface area contributed by atoms with Crippen LogP contribution in [0.4, 0.5) is 4.79 Å². The van der Waals surface area contributed by atoms with Gasteiger partial charge in [-0.1, -0.05) is 0 Å². The van der Waals surface area contributed by atoms with Crippen molar-refractivity contribution in [2.75, 3.05) is 13.1 Å². The molecule has 3 N–H and O–H groups in total. The normalized spacial score (nSPS) is 32.3. The van der Waals surface area contributed by atoms with E-state index in [1.54, 1.807) is 0 Å². The molecule has 1 amide bonds. The highest BCUT2D eigenvalue weighted by Crippen LogP contribution is 2.23. The quantitative estimate of drug-likeness (QED) is 0.677. The second kappa shape index (κ2) is 4.82. The van der Waals surface area contributed by atoms with Crippen LogP contribution in [0.15, 0.2) is 0 Å². The molecular weight excluding hydrogens is 218 g/mol. The van der Waals surface area contributed by atoms with E-state index >= 15 is 0 Å². The summed E-state index contributed by atoms with van der Waals surface area (Å²) in [5, 5.41) is 9.75. The molecule has 0 aromatic carbocycles. The van der Waals surface area contributed by atoms with Gasteiger partial charge in [0.05, 0.1) is 0 Å². The first-order chi connectivity index (χ1) is 7.94. The summed E-state index contributed by atoms with van der Waals surface area (Å²) in [6.45, 7) is 7.75. The van der Waals surface area contributed by atoms with Gasteiger partial charge in [0.1, 0.15) is 5.60 Å². The van der Waals surface area contributed by atoms with E-state index in [1.165, 1.54) is 6.42 Å². The van der Waals surface area contributed by atoms with Crippen LogP contribution in [0.1, 0.15) is 33.6 Å². The molecule has 2 aliphatic rings. The predicted molar refractivity (Wildman–Crippen MR) is 66.0 cm³/mol. The SMILES string of the molecule is CC(C)(C)OC(=O)NC1CC1NC1CCNC1. The summed E-state index contributed by atoms with van der Waals surface area (Å²) in [5.74, 6) is 0. The Kier molecular flexibility index (Phi) is 3.58. The van der Waals surface area contributed by atoms with Gasteiger partial charge in [0.25, 0.3) is 0 Å². The highest BCUT2D eigenvalue weighted by molar-refractivity contribution is 5.68. The van der Waals surface area contributed by atoms with Crippen LogP contribution in [0.2, 0.25) is 0 Å². The second-order valence-corrected chi connectivity index (χ2v) is 5.95. The van der Waals surface area contributed by atoms with Crippen molar-refractivity contribution in [2.45, 2.75) is 57.3 Å². The standard InChI is InChI=1S/C12H23N3O2/c1-12(2,3)17-11(16)15-10-6-9(10)14-8-4-5-13-7-8/h8-10,13-14H,4-7H2,1-3H3,(H,15,16). The van der Waals surface area contributed by atoms with E-state index in [4.69, 9.17) is 4.74 Å². The molecule has 1 heterocycles. The Morgan fingerprint density at radius 2 is 2.12 bits per heavy atom. The van der Waals surface area contributed by atoms with Crippen LogP contribution >= 0.6 is 0 Å². The van der Waals surface area contributed by atoms with Gasteiger partial charge in [-0.3, -0.25) is 0 Å². The number of nitrogens with one attached hydrogen (secondary N) is 3. The molecule has 1 saturated heterocycles. The Morgan fingerprint density at radius 3 is 2.71 bits per heavy atom. The number of alkyl carbamates (subject to hydrolysis) is 1. The maximum atomic E-state index is 11.5. The van der Waals surface area contributed by atoms with Crippen molar-refractivity contribution in [3.63, 3.8) is 0 Å². The molecule has 1 aliphatic carbocycles. The number of ether oxygens (including phenoxy) is 1. The lowest BCUT2D eigenvalue weighted by Gasteiger charge is -2.20. The molecule has 1 aliphatic heterocycles. The van der Waals surface area contributed by atoms with Crippen LogP contribution in [0.5, 0.6) is 0 Å². The fourth-order valence-corrected chi connectivity index (χ4v) is 2.10. The lowest BCUT2D eigenvalue weighted by Crippen LogP contribution is -2.39. The number of carbonyl (C=O) groups is 1. The monoisotopic (exact) mass is 241 g/mol. The van der Waals surface area contributed by atoms with Crippen LogP contribution in [0.3, 0.4) is 0 Å². The minimum Gasteiger partial charge on any atom is -0.444 e. The van der Waals surface area contributed by atoms with Crippen molar-refractivity contribution >= 4 is 6.09 Å². The summed E-state index contributed by atoms with van der Waals surface area (Å²) in [5.41, 5.74) is -0.419. The number of hydrogen-bond acceptors (Lipinski definition) is 4. The molecule has 0 spiro atoms. The van der Waals surface area contributed by atoms with Crippen LogP contribution < -0.4 is 16.0 Å². The first-order valence-electron chi connectivity index (χ1n) is 6.40. The summed E-state index contributed by atoms with van der Waals surface area (Å²) >= 11 is 0. The average molecular weight is 241 g/mol. The zero-order chi connectivity index (χ0) is 12.5. The van der Waals surface area contributed by atoms with E-state index < -0.39 is 5.60 Å². The van der Waals surface area contributed by atoms with Gasteiger partial charge in [-0.2, -0.15) is 0 Å². The largest absolute Gasteiger partial charge is 0.444 e. The molecule has 17 heavy (non-hydrogen) atoms. The number of carbonyl (C=O) groups excluding carboxylic acids is 1. The van der Waals surface area contributed by atoms with Gasteiger partial charge in [-0.25, -0.2) is 4.79 Å². The maximum Gasteiger partial charge on any atom is 0.407 e. The first kappa shape index (κ1) is 12.6. The summed E-state index contributed by atoms with van der Waals surface area (Å²) in [6.07, 6.45) is 1.88. The van der Waals surface area contributed by atoms with Crippen molar-refractivity contribution in [2.24, 2.45) is 0 Å². The molecule has 98 valence electrons. The molecule has 0 radical (unpaired) electrons. The summed E-state index contributed by atoms with van der Waals surface area (Å²) in [7, 11) is 0. The maximum absolute atomic E-state index is 11.5. The molecule has 5 heteroatoms. The minimum atomic E-state index is -0.419. The van der Waals surface area contributed by atoms with Gasteiger partial charge in [-0.05, 0) is 40.2 Å². The molecular formula is C12H23N3O2. The molecule has 3 unspecified atom stereocenters. The molecule has 1 saturated carbocycles. The van der Waals surface area contributed by atoms with Crippen LogP contribution in [0.25, 0.3) is 0 Å². The Balaban J connectivity index is 1.64. The van der Waals surface area contributed by atoms with Crippen LogP contribution in [-0.4, -0.2) is 42.9 Å². The topological polar surface area (TPSA) is 62.4 Å². The summed E-state index contributed by atoms with van der Waals surface area (Å²) in [6, 6.07) is 1.23. The lowest BCUT2D eigenvalue weighted by atomic mass is 10.2. The molecule has 0 aromatic rings. The lowest BCUT2D eigenvalue weighted by molar-refractivity contribution is 0.0522. The van der Waals surface area contributed by atoms with E-state index in [0.29, 0.717) is 12.1 Å². The van der Waals surface area contributed by atoms with Crippen molar-refractivity contribution in [3.8, 4) is 0 Å². The Hall–Kier alpha value is -0.810. The van der Waals surface area contributed by atoms with Crippen molar-refractivity contribution in [1.82, 2.24) is 16.0 Å². The van der Waals surface area contributed by atoms with Crippen molar-refractivity contribution < 1.29 is 9.53 Å². The van der Waals surface area contributed by atoms with Gasteiger partial charge >= 0.3 is 6.09 Å². The van der Waals surface area contributed by atoms with E-state index in [9.17, 15) is 4.79 Å². The van der Waals surface area contributed by atoms with Crippen molar-refractivity contribution in [1.29, 1.82) is 0 Å². The van der Waals surface area contributed by atoms with Crippen molar-refractivity contribution in [3.05, 3.63) is 0 Å². The molecule has 2 rings (SSSR count). The second-order valence-electron chi connectivity index (χ2n) is 5.95. The predicted octanol–water partition coefficient (Wildman–Crippen LogP) is 0.604. The molecule has 5 nitrogen and oxygen atoms in total. The Bertz CT molecular complexity index is 282. The third-order valence-corrected chi connectivity index (χ3v) is 3.00. The van der Waals surface area contributed by atoms with Gasteiger partial charge in [0.15, 0.2) is 0 Å². The zero-order valence-corrected chi connectivity index (χ0v) is 10.9. The van der Waals surface area contributed by atoms with E-state index in [2.05, 4.69) is 16.0 Å². The van der Waals surface area contributed by atoms with Gasteiger partial charge < -0.3 is 20.7 Å². The Labute approximate surface area is 103 Å². The number of amides is 1. The summed E-state index contributed by atoms with van der Waals surface area (Å²) < 4.78 is 5.22. The molecule has 0 aromatic heterocycles. The molecule has 3 atom stereocenters.